The van der Waals surface area contributed by atoms with E-state index in [1.807, 2.05) is 0 Å². The molecule has 53 heavy (non-hydrogen) atoms. The Morgan fingerprint density at radius 2 is 1.04 bits per heavy atom. The summed E-state index contributed by atoms with van der Waals surface area (Å²) in [6.45, 7) is 4.45. The molecule has 0 aliphatic carbocycles. The highest BCUT2D eigenvalue weighted by molar-refractivity contribution is 6.17. The van der Waals surface area contributed by atoms with E-state index in [0.717, 1.165) is 50.1 Å². The lowest BCUT2D eigenvalue weighted by Crippen LogP contribution is -2.13. The molecule has 0 unspecified atom stereocenters. The third-order valence-corrected chi connectivity index (χ3v) is 10.6. The van der Waals surface area contributed by atoms with Crippen LogP contribution in [0.1, 0.15) is 11.1 Å². The first-order chi connectivity index (χ1) is 26.1. The number of para-hydroxylation sites is 4. The molecule has 2 aromatic heterocycles. The van der Waals surface area contributed by atoms with Crippen LogP contribution in [0.25, 0.3) is 71.7 Å². The Morgan fingerprint density at radius 1 is 0.472 bits per heavy atom. The lowest BCUT2D eigenvalue weighted by atomic mass is 9.96. The van der Waals surface area contributed by atoms with Crippen molar-refractivity contribution in [1.82, 2.24) is 4.57 Å². The fourth-order valence-electron chi connectivity index (χ4n) is 8.29. The third kappa shape index (κ3) is 5.04. The molecule has 252 valence electrons. The van der Waals surface area contributed by atoms with E-state index in [2.05, 4.69) is 205 Å². The van der Waals surface area contributed by atoms with Gasteiger partial charge in [-0.25, -0.2) is 0 Å². The second-order valence-electron chi connectivity index (χ2n) is 13.8. The van der Waals surface area contributed by atoms with Gasteiger partial charge in [0.05, 0.1) is 27.8 Å². The molecule has 0 radical (unpaired) electrons. The summed E-state index contributed by atoms with van der Waals surface area (Å²) < 4.78 is 9.18. The van der Waals surface area contributed by atoms with Crippen molar-refractivity contribution in [3.05, 3.63) is 193 Å². The number of benzene rings is 8. The van der Waals surface area contributed by atoms with Gasteiger partial charge < -0.3 is 13.9 Å². The zero-order chi connectivity index (χ0) is 35.5. The van der Waals surface area contributed by atoms with Gasteiger partial charge >= 0.3 is 0 Å². The van der Waals surface area contributed by atoms with Crippen LogP contribution in [-0.4, -0.2) is 4.57 Å². The number of furan rings is 1. The minimum Gasteiger partial charge on any atom is -0.455 e. The quantitative estimate of drug-likeness (QED) is 0.174. The molecule has 3 nitrogen and oxygen atoms in total. The van der Waals surface area contributed by atoms with Crippen LogP contribution in [0, 0.1) is 13.8 Å². The summed E-state index contributed by atoms with van der Waals surface area (Å²) in [5, 5.41) is 4.71. The van der Waals surface area contributed by atoms with E-state index in [9.17, 15) is 0 Å². The highest BCUT2D eigenvalue weighted by atomic mass is 16.3. The van der Waals surface area contributed by atoms with Crippen molar-refractivity contribution >= 4 is 60.8 Å². The van der Waals surface area contributed by atoms with E-state index in [1.165, 1.54) is 49.7 Å². The molecule has 0 saturated heterocycles. The van der Waals surface area contributed by atoms with Gasteiger partial charge in [0.1, 0.15) is 11.2 Å². The molecule has 0 atom stereocenters. The lowest BCUT2D eigenvalue weighted by Gasteiger charge is -2.30. The Balaban J connectivity index is 1.16. The second kappa shape index (κ2) is 12.4. The first kappa shape index (κ1) is 30.9. The van der Waals surface area contributed by atoms with Gasteiger partial charge in [-0.1, -0.05) is 115 Å². The molecule has 0 saturated carbocycles. The fourth-order valence-corrected chi connectivity index (χ4v) is 8.29. The van der Waals surface area contributed by atoms with Gasteiger partial charge in [0.25, 0.3) is 0 Å². The van der Waals surface area contributed by atoms with Crippen LogP contribution in [0.5, 0.6) is 0 Å². The molecular formula is C50H36N2O. The van der Waals surface area contributed by atoms with Gasteiger partial charge in [-0.05, 0) is 108 Å². The third-order valence-electron chi connectivity index (χ3n) is 10.6. The van der Waals surface area contributed by atoms with Crippen molar-refractivity contribution in [2.45, 2.75) is 13.8 Å². The van der Waals surface area contributed by atoms with E-state index in [-0.39, 0.29) is 0 Å². The van der Waals surface area contributed by atoms with Crippen LogP contribution >= 0.6 is 0 Å². The van der Waals surface area contributed by atoms with Gasteiger partial charge in [-0.15, -0.1) is 0 Å². The highest BCUT2D eigenvalue weighted by Gasteiger charge is 2.24. The highest BCUT2D eigenvalue weighted by Crippen LogP contribution is 2.48. The number of fused-ring (bicyclic) bond motifs is 6. The molecule has 2 heterocycles. The number of anilines is 3. The van der Waals surface area contributed by atoms with Crippen LogP contribution in [0.15, 0.2) is 186 Å². The van der Waals surface area contributed by atoms with Crippen molar-refractivity contribution in [3.63, 3.8) is 0 Å². The fraction of sp³-hybridized carbons (Fsp3) is 0.0400. The Hall–Kier alpha value is -6.84. The predicted molar refractivity (Wildman–Crippen MR) is 223 cm³/mol. The monoisotopic (exact) mass is 680 g/mol. The summed E-state index contributed by atoms with van der Waals surface area (Å²) in [4.78, 5) is 2.42. The summed E-state index contributed by atoms with van der Waals surface area (Å²) in [5.41, 5.74) is 15.7. The number of aromatic nitrogens is 1. The van der Waals surface area contributed by atoms with Gasteiger partial charge in [0, 0.05) is 33.1 Å². The van der Waals surface area contributed by atoms with Crippen molar-refractivity contribution in [3.8, 4) is 27.9 Å². The first-order valence-corrected chi connectivity index (χ1v) is 18.2. The average molecular weight is 681 g/mol. The Bertz CT molecular complexity index is 2880. The van der Waals surface area contributed by atoms with Crippen LogP contribution < -0.4 is 4.90 Å². The maximum absolute atomic E-state index is 6.82. The summed E-state index contributed by atoms with van der Waals surface area (Å²) in [6, 6.07) is 65.1. The maximum Gasteiger partial charge on any atom is 0.145 e. The molecule has 10 rings (SSSR count). The molecule has 0 fully saturated rings. The van der Waals surface area contributed by atoms with E-state index >= 15 is 0 Å². The second-order valence-corrected chi connectivity index (χ2v) is 13.8. The minimum absolute atomic E-state index is 0.874. The number of aryl methyl sites for hydroxylation is 2. The van der Waals surface area contributed by atoms with Gasteiger partial charge in [0.15, 0.2) is 0 Å². The van der Waals surface area contributed by atoms with Crippen LogP contribution in [0.3, 0.4) is 0 Å². The molecule has 0 amide bonds. The van der Waals surface area contributed by atoms with E-state index in [1.54, 1.807) is 0 Å². The zero-order valence-electron chi connectivity index (χ0n) is 29.6. The normalized spacial score (nSPS) is 11.6. The lowest BCUT2D eigenvalue weighted by molar-refractivity contribution is 0.670. The largest absolute Gasteiger partial charge is 0.455 e. The molecule has 0 N–H and O–H groups in total. The van der Waals surface area contributed by atoms with E-state index < -0.39 is 0 Å². The SMILES string of the molecule is Cc1cc(-c2ccccc2)cc(C)c1N(c1ccccc1)c1ccc(-c2ccc(-n3c4ccccc4c4ccccc43)cc2)c2oc3ccccc3c12. The van der Waals surface area contributed by atoms with Crippen molar-refractivity contribution < 1.29 is 4.42 Å². The molecule has 0 aliphatic heterocycles. The average Bonchev–Trinajstić information content (AvgIpc) is 3.77. The summed E-state index contributed by atoms with van der Waals surface area (Å²) in [7, 11) is 0. The molecule has 3 heteroatoms. The Kier molecular flexibility index (Phi) is 7.26. The van der Waals surface area contributed by atoms with Crippen LogP contribution in [0.2, 0.25) is 0 Å². The standard InChI is InChI=1S/C50H36N2O/c1-33-31-37(35-15-5-3-6-16-35)32-34(2)49(33)52(38-17-7-4-8-18-38)46-30-29-40(50-48(46)43-21-11-14-24-47(43)53-50)36-25-27-39(28-26-36)51-44-22-12-9-19-41(44)42-20-10-13-23-45(42)51/h3-32H,1-2H3. The number of hydrogen-bond acceptors (Lipinski definition) is 2. The van der Waals surface area contributed by atoms with E-state index in [0.29, 0.717) is 0 Å². The topological polar surface area (TPSA) is 21.3 Å². The molecule has 0 spiro atoms. The summed E-state index contributed by atoms with van der Waals surface area (Å²) in [5.74, 6) is 0. The summed E-state index contributed by atoms with van der Waals surface area (Å²) >= 11 is 0. The minimum atomic E-state index is 0.874. The van der Waals surface area contributed by atoms with Crippen molar-refractivity contribution in [2.75, 3.05) is 4.90 Å². The van der Waals surface area contributed by atoms with Gasteiger partial charge in [-0.3, -0.25) is 0 Å². The molecule has 8 aromatic carbocycles. The first-order valence-electron chi connectivity index (χ1n) is 18.2. The van der Waals surface area contributed by atoms with E-state index in [4.69, 9.17) is 4.42 Å². The molecular weight excluding hydrogens is 645 g/mol. The smallest absolute Gasteiger partial charge is 0.145 e. The number of nitrogens with zero attached hydrogens (tertiary/aromatic N) is 2. The van der Waals surface area contributed by atoms with Gasteiger partial charge in [0.2, 0.25) is 0 Å². The molecule has 0 bridgehead atoms. The maximum atomic E-state index is 6.82. The Labute approximate surface area is 308 Å². The number of rotatable bonds is 6. The number of hydrogen-bond donors (Lipinski definition) is 0. The van der Waals surface area contributed by atoms with Crippen molar-refractivity contribution in [2.24, 2.45) is 0 Å². The zero-order valence-corrected chi connectivity index (χ0v) is 29.6. The van der Waals surface area contributed by atoms with Crippen LogP contribution in [-0.2, 0) is 0 Å². The van der Waals surface area contributed by atoms with Crippen LogP contribution in [0.4, 0.5) is 17.1 Å². The molecule has 10 aromatic rings. The van der Waals surface area contributed by atoms with Crippen molar-refractivity contribution in [1.29, 1.82) is 0 Å². The Morgan fingerprint density at radius 3 is 1.70 bits per heavy atom. The molecule has 0 aliphatic rings. The van der Waals surface area contributed by atoms with Gasteiger partial charge in [-0.2, -0.15) is 0 Å². The summed E-state index contributed by atoms with van der Waals surface area (Å²) in [6.07, 6.45) is 0. The predicted octanol–water partition coefficient (Wildman–Crippen LogP) is 14.1.